The van der Waals surface area contributed by atoms with Crippen LogP contribution < -0.4 is 4.90 Å². The van der Waals surface area contributed by atoms with Crippen LogP contribution in [0, 0.1) is 13.8 Å². The largest absolute Gasteiger partial charge is 0.508 e. The Morgan fingerprint density at radius 1 is 1.18 bits per heavy atom. The van der Waals surface area contributed by atoms with E-state index in [1.165, 1.54) is 17.5 Å². The molecule has 1 aromatic heterocycles. The number of aromatic nitrogens is 1. The molecule has 2 heterocycles. The fourth-order valence-electron chi connectivity index (χ4n) is 3.37. The molecular formula is C22H19BrN2O3. The summed E-state index contributed by atoms with van der Waals surface area (Å²) in [4.78, 5) is 18.9. The minimum atomic E-state index is -0.0778. The molecule has 4 rings (SSSR count). The average Bonchev–Trinajstić information content (AvgIpc) is 3.17. The third-order valence-electron chi connectivity index (χ3n) is 5.04. The van der Waals surface area contributed by atoms with Crippen LogP contribution in [0.4, 0.5) is 5.69 Å². The first-order valence-electron chi connectivity index (χ1n) is 8.91. The molecule has 3 aromatic rings. The number of phenols is 1. The predicted octanol–water partition coefficient (Wildman–Crippen LogP) is 5.20. The van der Waals surface area contributed by atoms with Crippen molar-refractivity contribution in [2.24, 2.45) is 0 Å². The second kappa shape index (κ2) is 7.28. The van der Waals surface area contributed by atoms with Crippen molar-refractivity contribution in [3.8, 4) is 5.75 Å². The zero-order chi connectivity index (χ0) is 19.8. The number of oxazole rings is 1. The van der Waals surface area contributed by atoms with Crippen LogP contribution in [0.5, 0.6) is 5.75 Å². The molecule has 0 bridgehead atoms. The molecule has 0 spiro atoms. The summed E-state index contributed by atoms with van der Waals surface area (Å²) in [5.41, 5.74) is 5.63. The first-order valence-corrected chi connectivity index (χ1v) is 9.70. The fourth-order valence-corrected chi connectivity index (χ4v) is 4.04. The first kappa shape index (κ1) is 18.5. The Hall–Kier alpha value is -2.86. The highest BCUT2D eigenvalue weighted by Crippen LogP contribution is 2.43. The lowest BCUT2D eigenvalue weighted by Gasteiger charge is -2.24. The van der Waals surface area contributed by atoms with Crippen molar-refractivity contribution in [1.82, 2.24) is 4.98 Å². The summed E-state index contributed by atoms with van der Waals surface area (Å²) in [6, 6.07) is 11.2. The van der Waals surface area contributed by atoms with E-state index in [0.29, 0.717) is 18.0 Å². The number of fused-ring (bicyclic) bond motifs is 1. The molecule has 28 heavy (non-hydrogen) atoms. The number of anilines is 1. The van der Waals surface area contributed by atoms with Crippen LogP contribution in [-0.4, -0.2) is 16.0 Å². The lowest BCUT2D eigenvalue weighted by molar-refractivity contribution is -0.117. The molecule has 1 N–H and O–H groups in total. The van der Waals surface area contributed by atoms with Crippen molar-refractivity contribution in [2.75, 3.05) is 4.90 Å². The summed E-state index contributed by atoms with van der Waals surface area (Å²) < 4.78 is 6.21. The molecule has 1 aliphatic heterocycles. The Labute approximate surface area is 171 Å². The van der Waals surface area contributed by atoms with Crippen molar-refractivity contribution in [3.63, 3.8) is 0 Å². The molecule has 0 saturated carbocycles. The summed E-state index contributed by atoms with van der Waals surface area (Å²) >= 11 is 3.64. The monoisotopic (exact) mass is 438 g/mol. The van der Waals surface area contributed by atoms with Crippen molar-refractivity contribution in [3.05, 3.63) is 77.0 Å². The molecule has 142 valence electrons. The van der Waals surface area contributed by atoms with Crippen LogP contribution >= 0.6 is 15.9 Å². The van der Waals surface area contributed by atoms with E-state index in [-0.39, 0.29) is 18.1 Å². The maximum Gasteiger partial charge on any atom is 0.231 e. The van der Waals surface area contributed by atoms with E-state index < -0.39 is 0 Å². The number of aromatic hydroxyl groups is 1. The summed E-state index contributed by atoms with van der Waals surface area (Å²) in [5.74, 6) is 0.582. The summed E-state index contributed by atoms with van der Waals surface area (Å²) in [5, 5.41) is 10.1. The van der Waals surface area contributed by atoms with Gasteiger partial charge in [-0.2, -0.15) is 0 Å². The maximum atomic E-state index is 13.2. The third-order valence-corrected chi connectivity index (χ3v) is 5.95. The molecule has 1 aliphatic rings. The van der Waals surface area contributed by atoms with Crippen molar-refractivity contribution in [2.45, 2.75) is 26.8 Å². The number of hydrogen-bond donors (Lipinski definition) is 1. The number of nitrogens with zero attached hydrogens (tertiary/aromatic N) is 2. The second-order valence-corrected chi connectivity index (χ2v) is 7.73. The standard InChI is InChI=1S/C22H19BrN2O3/c1-13-3-4-15(7-14(13)2)11-25-19-8-16(26)5-6-17(19)22(23)18(9-21(25)27)20-10-24-12-28-20/h3-8,10,12,26H,9,11H2,1-2H3. The van der Waals surface area contributed by atoms with E-state index in [0.717, 1.165) is 21.2 Å². The number of carbonyl (C=O) groups excluding carboxylic acids is 1. The number of benzene rings is 2. The number of rotatable bonds is 3. The van der Waals surface area contributed by atoms with Gasteiger partial charge in [0.2, 0.25) is 5.91 Å². The molecule has 2 aromatic carbocycles. The van der Waals surface area contributed by atoms with Crippen LogP contribution in [0.3, 0.4) is 0 Å². The lowest BCUT2D eigenvalue weighted by Crippen LogP contribution is -2.30. The van der Waals surface area contributed by atoms with Gasteiger partial charge < -0.3 is 14.4 Å². The van der Waals surface area contributed by atoms with Crippen LogP contribution in [0.2, 0.25) is 0 Å². The number of aryl methyl sites for hydroxylation is 2. The molecule has 0 saturated heterocycles. The highest BCUT2D eigenvalue weighted by atomic mass is 79.9. The molecule has 0 fully saturated rings. The molecule has 6 heteroatoms. The van der Waals surface area contributed by atoms with Gasteiger partial charge in [-0.25, -0.2) is 4.98 Å². The topological polar surface area (TPSA) is 66.6 Å². The molecule has 0 aliphatic carbocycles. The SMILES string of the molecule is Cc1ccc(CN2C(=O)CC(c3cnco3)=C(Br)c3ccc(O)cc32)cc1C. The maximum absolute atomic E-state index is 13.2. The van der Waals surface area contributed by atoms with Crippen LogP contribution in [-0.2, 0) is 11.3 Å². The van der Waals surface area contributed by atoms with Crippen molar-refractivity contribution < 1.29 is 14.3 Å². The van der Waals surface area contributed by atoms with E-state index in [4.69, 9.17) is 4.42 Å². The highest BCUT2D eigenvalue weighted by Gasteiger charge is 2.29. The summed E-state index contributed by atoms with van der Waals surface area (Å²) in [6.45, 7) is 4.54. The number of carbonyl (C=O) groups is 1. The molecular weight excluding hydrogens is 420 g/mol. The van der Waals surface area contributed by atoms with Gasteiger partial charge in [-0.15, -0.1) is 0 Å². The molecule has 1 amide bonds. The zero-order valence-corrected chi connectivity index (χ0v) is 17.2. The Balaban J connectivity index is 1.82. The van der Waals surface area contributed by atoms with E-state index in [2.05, 4.69) is 46.9 Å². The van der Waals surface area contributed by atoms with E-state index in [1.807, 2.05) is 6.07 Å². The van der Waals surface area contributed by atoms with Gasteiger partial charge in [-0.3, -0.25) is 4.79 Å². The Morgan fingerprint density at radius 3 is 2.71 bits per heavy atom. The van der Waals surface area contributed by atoms with Crippen LogP contribution in [0.1, 0.15) is 34.4 Å². The second-order valence-electron chi connectivity index (χ2n) is 6.93. The quantitative estimate of drug-likeness (QED) is 0.610. The van der Waals surface area contributed by atoms with Gasteiger partial charge >= 0.3 is 0 Å². The van der Waals surface area contributed by atoms with E-state index in [1.54, 1.807) is 29.3 Å². The smallest absolute Gasteiger partial charge is 0.231 e. The first-order chi connectivity index (χ1) is 13.4. The third kappa shape index (κ3) is 3.36. The molecule has 5 nitrogen and oxygen atoms in total. The van der Waals surface area contributed by atoms with Gasteiger partial charge in [0.15, 0.2) is 12.2 Å². The number of amides is 1. The van der Waals surface area contributed by atoms with Crippen molar-refractivity contribution in [1.29, 1.82) is 0 Å². The predicted molar refractivity (Wildman–Crippen MR) is 112 cm³/mol. The number of halogens is 1. The van der Waals surface area contributed by atoms with Gasteiger partial charge in [0.1, 0.15) is 5.75 Å². The van der Waals surface area contributed by atoms with Gasteiger partial charge in [0, 0.05) is 21.7 Å². The average molecular weight is 439 g/mol. The summed E-state index contributed by atoms with van der Waals surface area (Å²) in [7, 11) is 0. The highest BCUT2D eigenvalue weighted by molar-refractivity contribution is 9.15. The zero-order valence-electron chi connectivity index (χ0n) is 15.6. The van der Waals surface area contributed by atoms with Crippen LogP contribution in [0.15, 0.2) is 53.4 Å². The normalized spacial score (nSPS) is 14.2. The number of phenolic OH excluding ortho intramolecular Hbond substituents is 1. The molecule has 0 atom stereocenters. The Bertz CT molecular complexity index is 1090. The Kier molecular flexibility index (Phi) is 4.81. The van der Waals surface area contributed by atoms with Crippen LogP contribution in [0.25, 0.3) is 10.1 Å². The lowest BCUT2D eigenvalue weighted by atomic mass is 10.1. The molecule has 0 radical (unpaired) electrons. The molecule has 0 unspecified atom stereocenters. The van der Waals surface area contributed by atoms with Crippen molar-refractivity contribution >= 4 is 37.6 Å². The summed E-state index contributed by atoms with van der Waals surface area (Å²) in [6.07, 6.45) is 3.11. The number of hydrogen-bond acceptors (Lipinski definition) is 4. The van der Waals surface area contributed by atoms with Gasteiger partial charge in [-0.05, 0) is 58.6 Å². The minimum absolute atomic E-state index is 0.0778. The van der Waals surface area contributed by atoms with Gasteiger partial charge in [0.05, 0.1) is 24.8 Å². The fraction of sp³-hybridized carbons (Fsp3) is 0.182. The van der Waals surface area contributed by atoms with Gasteiger partial charge in [-0.1, -0.05) is 18.2 Å². The van der Waals surface area contributed by atoms with E-state index in [9.17, 15) is 9.90 Å². The minimum Gasteiger partial charge on any atom is -0.508 e. The Morgan fingerprint density at radius 2 is 2.00 bits per heavy atom. The van der Waals surface area contributed by atoms with Gasteiger partial charge in [0.25, 0.3) is 0 Å². The van der Waals surface area contributed by atoms with E-state index >= 15 is 0 Å².